The summed E-state index contributed by atoms with van der Waals surface area (Å²) in [6, 6.07) is 12.1. The van der Waals surface area contributed by atoms with Crippen LogP contribution >= 0.6 is 34.8 Å². The van der Waals surface area contributed by atoms with Crippen LogP contribution in [-0.2, 0) is 13.0 Å². The second-order valence-corrected chi connectivity index (χ2v) is 10.6. The van der Waals surface area contributed by atoms with Gasteiger partial charge < -0.3 is 14.7 Å². The molecule has 0 bridgehead atoms. The van der Waals surface area contributed by atoms with E-state index in [2.05, 4.69) is 48.0 Å². The van der Waals surface area contributed by atoms with Crippen molar-refractivity contribution in [3.8, 4) is 0 Å². The quantitative estimate of drug-likeness (QED) is 0.519. The molecule has 2 aromatic rings. The Kier molecular flexibility index (Phi) is 7.38. The van der Waals surface area contributed by atoms with Gasteiger partial charge >= 0.3 is 0 Å². The number of rotatable bonds is 5. The van der Waals surface area contributed by atoms with Crippen LogP contribution in [0.3, 0.4) is 0 Å². The normalized spacial score (nSPS) is 19.7. The summed E-state index contributed by atoms with van der Waals surface area (Å²) in [6.45, 7) is 4.51. The van der Waals surface area contributed by atoms with Gasteiger partial charge in [-0.25, -0.2) is 0 Å². The van der Waals surface area contributed by atoms with Gasteiger partial charge in [0.25, 0.3) is 0 Å². The van der Waals surface area contributed by atoms with Crippen LogP contribution in [0.1, 0.15) is 24.0 Å². The molecule has 0 saturated carbocycles. The molecule has 0 N–H and O–H groups in total. The molecular weight excluding hydrogens is 463 g/mol. The highest BCUT2D eigenvalue weighted by molar-refractivity contribution is 6.42. The first-order chi connectivity index (χ1) is 15.3. The Balaban J connectivity index is 1.80. The summed E-state index contributed by atoms with van der Waals surface area (Å²) in [5.74, 6) is 1.18. The molecule has 2 aromatic carbocycles. The summed E-state index contributed by atoms with van der Waals surface area (Å²) < 4.78 is 0. The lowest BCUT2D eigenvalue weighted by molar-refractivity contribution is 0.175. The second kappa shape index (κ2) is 9.90. The van der Waals surface area contributed by atoms with Gasteiger partial charge in [-0.05, 0) is 88.9 Å². The molecule has 7 heteroatoms. The summed E-state index contributed by atoms with van der Waals surface area (Å²) in [6.07, 6.45) is 3.10. The molecule has 0 radical (unpaired) electrons. The first-order valence-corrected chi connectivity index (χ1v) is 12.3. The third kappa shape index (κ3) is 5.10. The van der Waals surface area contributed by atoms with Crippen molar-refractivity contribution >= 4 is 46.3 Å². The number of likely N-dealkylation sites (tertiary alicyclic amines) is 1. The number of anilines is 1. The second-order valence-electron chi connectivity index (χ2n) is 9.38. The van der Waals surface area contributed by atoms with Crippen LogP contribution in [0.5, 0.6) is 0 Å². The van der Waals surface area contributed by atoms with Crippen molar-refractivity contribution in [3.05, 3.63) is 62.6 Å². The predicted molar refractivity (Wildman–Crippen MR) is 138 cm³/mol. The number of hydrogen-bond donors (Lipinski definition) is 0. The van der Waals surface area contributed by atoms with E-state index in [1.165, 1.54) is 11.4 Å². The minimum atomic E-state index is 0.00154. The van der Waals surface area contributed by atoms with E-state index in [-0.39, 0.29) is 5.41 Å². The summed E-state index contributed by atoms with van der Waals surface area (Å²) >= 11 is 19.2. The fourth-order valence-corrected chi connectivity index (χ4v) is 5.40. The molecule has 1 spiro atoms. The highest BCUT2D eigenvalue weighted by Gasteiger charge is 2.45. The van der Waals surface area contributed by atoms with Gasteiger partial charge in [0, 0.05) is 29.2 Å². The number of piperidine rings is 1. The number of nitrogens with zero attached hydrogens (tertiary/aromatic N) is 4. The van der Waals surface area contributed by atoms with Gasteiger partial charge in [-0.2, -0.15) is 0 Å². The largest absolute Gasteiger partial charge is 0.328 e. The SMILES string of the molecule is CN(C)CCN1C(=NCc2cccc(Cl)c2)C2(CCN(C)CC2)Cc2cc(Cl)c(Cl)cc21. The number of fused-ring (bicyclic) bond motifs is 1. The van der Waals surface area contributed by atoms with E-state index in [4.69, 9.17) is 39.8 Å². The molecule has 0 aliphatic carbocycles. The molecule has 1 saturated heterocycles. The Labute approximate surface area is 206 Å². The predicted octanol–water partition coefficient (Wildman–Crippen LogP) is 5.88. The summed E-state index contributed by atoms with van der Waals surface area (Å²) in [4.78, 5) is 12.3. The average molecular weight is 494 g/mol. The molecule has 0 atom stereocenters. The molecule has 32 heavy (non-hydrogen) atoms. The molecular formula is C25H31Cl3N4. The van der Waals surface area contributed by atoms with Gasteiger partial charge in [0.05, 0.1) is 16.6 Å². The Morgan fingerprint density at radius 1 is 1.03 bits per heavy atom. The lowest BCUT2D eigenvalue weighted by atomic mass is 9.69. The standard InChI is InChI=1S/C25H31Cl3N4/c1-30(2)11-12-32-23-15-22(28)21(27)14-19(23)16-25(7-9-31(3)10-8-25)24(32)29-17-18-5-4-6-20(26)13-18/h4-6,13-15H,7-12,16-17H2,1-3H3. The van der Waals surface area contributed by atoms with E-state index >= 15 is 0 Å². The number of hydrogen-bond acceptors (Lipinski definition) is 3. The highest BCUT2D eigenvalue weighted by atomic mass is 35.5. The minimum Gasteiger partial charge on any atom is -0.328 e. The van der Waals surface area contributed by atoms with Crippen molar-refractivity contribution in [2.75, 3.05) is 52.2 Å². The first kappa shape index (κ1) is 23.8. The maximum absolute atomic E-state index is 6.48. The minimum absolute atomic E-state index is 0.00154. The van der Waals surface area contributed by atoms with Crippen molar-refractivity contribution in [2.45, 2.75) is 25.8 Å². The third-order valence-electron chi connectivity index (χ3n) is 6.69. The van der Waals surface area contributed by atoms with Crippen molar-refractivity contribution in [3.63, 3.8) is 0 Å². The van der Waals surface area contributed by atoms with Crippen LogP contribution in [-0.4, -0.2) is 63.0 Å². The van der Waals surface area contributed by atoms with Crippen LogP contribution in [0.4, 0.5) is 5.69 Å². The van der Waals surface area contributed by atoms with E-state index < -0.39 is 0 Å². The molecule has 2 aliphatic rings. The molecule has 1 fully saturated rings. The first-order valence-electron chi connectivity index (χ1n) is 11.2. The van der Waals surface area contributed by atoms with Crippen LogP contribution in [0.15, 0.2) is 41.4 Å². The molecule has 0 aromatic heterocycles. The fraction of sp³-hybridized carbons (Fsp3) is 0.480. The van der Waals surface area contributed by atoms with Crippen molar-refractivity contribution in [2.24, 2.45) is 10.4 Å². The van der Waals surface area contributed by atoms with E-state index in [0.29, 0.717) is 16.6 Å². The maximum Gasteiger partial charge on any atom is 0.110 e. The lowest BCUT2D eigenvalue weighted by Crippen LogP contribution is -2.55. The summed E-state index contributed by atoms with van der Waals surface area (Å²) in [5, 5.41) is 1.96. The topological polar surface area (TPSA) is 22.1 Å². The van der Waals surface area contributed by atoms with E-state index in [0.717, 1.165) is 61.7 Å². The number of benzene rings is 2. The van der Waals surface area contributed by atoms with Gasteiger partial charge in [-0.15, -0.1) is 0 Å². The number of halogens is 3. The third-order valence-corrected chi connectivity index (χ3v) is 7.64. The number of aliphatic imine (C=N–C) groups is 1. The van der Waals surface area contributed by atoms with Crippen LogP contribution in [0, 0.1) is 5.41 Å². The molecule has 2 heterocycles. The Morgan fingerprint density at radius 2 is 1.75 bits per heavy atom. The van der Waals surface area contributed by atoms with E-state index in [1.807, 2.05) is 24.3 Å². The lowest BCUT2D eigenvalue weighted by Gasteiger charge is -2.49. The number of amidine groups is 1. The van der Waals surface area contributed by atoms with Crippen molar-refractivity contribution in [1.82, 2.24) is 9.80 Å². The molecule has 2 aliphatic heterocycles. The zero-order valence-corrected chi connectivity index (χ0v) is 21.3. The summed E-state index contributed by atoms with van der Waals surface area (Å²) in [7, 11) is 6.41. The highest BCUT2D eigenvalue weighted by Crippen LogP contribution is 2.46. The molecule has 0 unspecified atom stereocenters. The molecule has 172 valence electrons. The Morgan fingerprint density at radius 3 is 2.44 bits per heavy atom. The van der Waals surface area contributed by atoms with E-state index in [1.54, 1.807) is 0 Å². The van der Waals surface area contributed by atoms with Crippen LogP contribution in [0.25, 0.3) is 0 Å². The molecule has 4 rings (SSSR count). The molecule has 0 amide bonds. The zero-order chi connectivity index (χ0) is 22.9. The monoisotopic (exact) mass is 492 g/mol. The van der Waals surface area contributed by atoms with Gasteiger partial charge in [-0.1, -0.05) is 46.9 Å². The van der Waals surface area contributed by atoms with Crippen LogP contribution in [0.2, 0.25) is 15.1 Å². The van der Waals surface area contributed by atoms with Crippen molar-refractivity contribution < 1.29 is 0 Å². The number of likely N-dealkylation sites (N-methyl/N-ethyl adjacent to an activating group) is 1. The van der Waals surface area contributed by atoms with Crippen LogP contribution < -0.4 is 4.90 Å². The Hall–Kier alpha value is -1.30. The smallest absolute Gasteiger partial charge is 0.110 e. The Bertz CT molecular complexity index is 997. The van der Waals surface area contributed by atoms with Gasteiger partial charge in [0.2, 0.25) is 0 Å². The summed E-state index contributed by atoms with van der Waals surface area (Å²) in [5.41, 5.74) is 3.53. The van der Waals surface area contributed by atoms with Gasteiger partial charge in [0.1, 0.15) is 5.84 Å². The zero-order valence-electron chi connectivity index (χ0n) is 19.0. The molecule has 4 nitrogen and oxygen atoms in total. The van der Waals surface area contributed by atoms with Gasteiger partial charge in [-0.3, -0.25) is 4.99 Å². The van der Waals surface area contributed by atoms with Gasteiger partial charge in [0.15, 0.2) is 0 Å². The van der Waals surface area contributed by atoms with Crippen molar-refractivity contribution in [1.29, 1.82) is 0 Å². The average Bonchev–Trinajstić information content (AvgIpc) is 2.74. The van der Waals surface area contributed by atoms with E-state index in [9.17, 15) is 0 Å². The maximum atomic E-state index is 6.48. The fourth-order valence-electron chi connectivity index (χ4n) is 4.84.